The van der Waals surface area contributed by atoms with Gasteiger partial charge < -0.3 is 31.1 Å². The van der Waals surface area contributed by atoms with Gasteiger partial charge in [0.05, 0.1) is 24.1 Å². The molecule has 7 atom stereocenters. The minimum atomic E-state index is -1.12. The van der Waals surface area contributed by atoms with Crippen molar-refractivity contribution in [1.82, 2.24) is 20.9 Å². The summed E-state index contributed by atoms with van der Waals surface area (Å²) in [4.78, 5) is 38.8. The molecule has 29 heavy (non-hydrogen) atoms. The Hall–Kier alpha value is -1.62. The number of carboxylic acids is 1. The van der Waals surface area contributed by atoms with Gasteiger partial charge in [0.15, 0.2) is 0 Å². The molecule has 0 bridgehead atoms. The van der Waals surface area contributed by atoms with Crippen LogP contribution in [-0.2, 0) is 14.4 Å². The number of β-lactam (4-membered cyclic amide) rings is 1. The zero-order valence-corrected chi connectivity index (χ0v) is 17.4. The normalized spacial score (nSPS) is 37.5. The third kappa shape index (κ3) is 3.56. The molecular formula is C19H28N4O5S. The van der Waals surface area contributed by atoms with Gasteiger partial charge in [0, 0.05) is 35.2 Å². The molecular weight excluding hydrogens is 396 g/mol. The molecule has 0 aromatic carbocycles. The molecule has 5 N–H and O–H groups in total. The second kappa shape index (κ2) is 7.90. The number of hydrogen-bond acceptors (Lipinski definition) is 7. The monoisotopic (exact) mass is 424 g/mol. The molecule has 4 aliphatic rings. The van der Waals surface area contributed by atoms with E-state index in [9.17, 15) is 24.6 Å². The summed E-state index contributed by atoms with van der Waals surface area (Å²) < 4.78 is 0. The van der Waals surface area contributed by atoms with E-state index in [2.05, 4.69) is 16.0 Å². The number of hydrogen-bond donors (Lipinski definition) is 5. The van der Waals surface area contributed by atoms with Crippen molar-refractivity contribution >= 4 is 29.5 Å². The number of aliphatic carboxylic acids is 1. The third-order valence-electron chi connectivity index (χ3n) is 6.42. The summed E-state index contributed by atoms with van der Waals surface area (Å²) in [7, 11) is 0. The smallest absolute Gasteiger partial charge is 0.353 e. The minimum Gasteiger partial charge on any atom is -0.477 e. The Morgan fingerprint density at radius 3 is 2.72 bits per heavy atom. The van der Waals surface area contributed by atoms with Crippen molar-refractivity contribution in [1.29, 1.82) is 0 Å². The van der Waals surface area contributed by atoms with E-state index in [0.717, 1.165) is 19.5 Å². The van der Waals surface area contributed by atoms with Crippen LogP contribution in [0.1, 0.15) is 26.7 Å². The van der Waals surface area contributed by atoms with E-state index in [1.165, 1.54) is 16.7 Å². The van der Waals surface area contributed by atoms with Crippen molar-refractivity contribution < 1.29 is 24.6 Å². The molecule has 4 aliphatic heterocycles. The Kier molecular flexibility index (Phi) is 5.62. The van der Waals surface area contributed by atoms with E-state index in [4.69, 9.17) is 0 Å². The number of nitrogens with zero attached hydrogens (tertiary/aromatic N) is 1. The van der Waals surface area contributed by atoms with Crippen LogP contribution < -0.4 is 16.0 Å². The molecule has 0 aromatic rings. The molecule has 0 saturated carbocycles. The summed E-state index contributed by atoms with van der Waals surface area (Å²) in [5.74, 6) is -2.16. The third-order valence-corrected chi connectivity index (χ3v) is 7.93. The standard InChI is InChI=1S/C19H28N4O5S/c1-8-14-13(9(2)24)18(26)23(14)15(19(27)28)16(8)29-11-5-12(21-7-11)17(25)22-10-3-4-20-6-10/h8-14,20-21,24H,3-7H2,1-2H3,(H,22,25)(H,27,28)/t8-,9-,10+,11+,12+,13-,14-/m1/s1. The van der Waals surface area contributed by atoms with Gasteiger partial charge in [-0.2, -0.15) is 0 Å². The molecule has 0 unspecified atom stereocenters. The van der Waals surface area contributed by atoms with Crippen molar-refractivity contribution in [3.8, 4) is 0 Å². The van der Waals surface area contributed by atoms with Crippen molar-refractivity contribution in [2.45, 2.75) is 56.2 Å². The first-order chi connectivity index (χ1) is 13.8. The number of amides is 2. The highest BCUT2D eigenvalue weighted by Gasteiger charge is 2.60. The van der Waals surface area contributed by atoms with Gasteiger partial charge in [-0.3, -0.25) is 9.59 Å². The Bertz CT molecular complexity index is 751. The lowest BCUT2D eigenvalue weighted by Crippen LogP contribution is -2.63. The Morgan fingerprint density at radius 2 is 2.10 bits per heavy atom. The maximum absolute atomic E-state index is 12.5. The molecule has 0 aromatic heterocycles. The number of rotatable bonds is 6. The fraction of sp³-hybridized carbons (Fsp3) is 0.737. The van der Waals surface area contributed by atoms with Crippen LogP contribution in [0.3, 0.4) is 0 Å². The van der Waals surface area contributed by atoms with E-state index >= 15 is 0 Å². The largest absolute Gasteiger partial charge is 0.477 e. The first-order valence-corrected chi connectivity index (χ1v) is 11.1. The van der Waals surface area contributed by atoms with Crippen LogP contribution in [-0.4, -0.2) is 82.0 Å². The Balaban J connectivity index is 1.43. The van der Waals surface area contributed by atoms with Crippen LogP contribution in [0, 0.1) is 11.8 Å². The number of aliphatic hydroxyl groups is 1. The van der Waals surface area contributed by atoms with Gasteiger partial charge in [0.1, 0.15) is 5.70 Å². The Morgan fingerprint density at radius 1 is 1.34 bits per heavy atom. The second-order valence-corrected chi connectivity index (χ2v) is 9.75. The Labute approximate surface area is 173 Å². The molecule has 4 heterocycles. The first-order valence-electron chi connectivity index (χ1n) is 10.2. The zero-order valence-electron chi connectivity index (χ0n) is 16.6. The average Bonchev–Trinajstić information content (AvgIpc) is 3.36. The van der Waals surface area contributed by atoms with Gasteiger partial charge in [0.25, 0.3) is 0 Å². The van der Waals surface area contributed by atoms with Crippen LogP contribution >= 0.6 is 11.8 Å². The van der Waals surface area contributed by atoms with Gasteiger partial charge >= 0.3 is 5.97 Å². The predicted molar refractivity (Wildman–Crippen MR) is 107 cm³/mol. The highest BCUT2D eigenvalue weighted by atomic mass is 32.2. The van der Waals surface area contributed by atoms with Crippen molar-refractivity contribution in [3.63, 3.8) is 0 Å². The predicted octanol–water partition coefficient (Wildman–Crippen LogP) is -0.918. The molecule has 0 spiro atoms. The quantitative estimate of drug-likeness (QED) is 0.346. The number of carboxylic acid groups (broad SMARTS) is 1. The van der Waals surface area contributed by atoms with Gasteiger partial charge in [-0.1, -0.05) is 6.92 Å². The molecule has 0 aliphatic carbocycles. The molecule has 10 heteroatoms. The summed E-state index contributed by atoms with van der Waals surface area (Å²) >= 11 is 1.45. The van der Waals surface area contributed by atoms with E-state index in [1.54, 1.807) is 6.92 Å². The number of carbonyl (C=O) groups excluding carboxylic acids is 2. The van der Waals surface area contributed by atoms with Crippen LogP contribution in [0.25, 0.3) is 0 Å². The maximum Gasteiger partial charge on any atom is 0.353 e. The highest BCUT2D eigenvalue weighted by Crippen LogP contribution is 2.51. The molecule has 3 fully saturated rings. The molecule has 0 radical (unpaired) electrons. The SMILES string of the molecule is C[C@@H](O)[C@H]1C(=O)N2C(C(=O)O)=C(S[C@@H]3CN[C@H](C(=O)N[C@H]4CCNC4)C3)[C@H](C)[C@H]12. The second-order valence-electron chi connectivity index (χ2n) is 8.41. The summed E-state index contributed by atoms with van der Waals surface area (Å²) in [6.45, 7) is 5.79. The van der Waals surface area contributed by atoms with E-state index in [-0.39, 0.29) is 46.8 Å². The molecule has 9 nitrogen and oxygen atoms in total. The summed E-state index contributed by atoms with van der Waals surface area (Å²) in [5.41, 5.74) is 0.0410. The fourth-order valence-electron chi connectivity index (χ4n) is 4.93. The van der Waals surface area contributed by atoms with Crippen molar-refractivity contribution in [2.75, 3.05) is 19.6 Å². The van der Waals surface area contributed by atoms with E-state index < -0.39 is 18.0 Å². The van der Waals surface area contributed by atoms with Crippen LogP contribution in [0.15, 0.2) is 10.6 Å². The molecule has 2 amide bonds. The lowest BCUT2D eigenvalue weighted by Gasteiger charge is -2.46. The number of nitrogens with one attached hydrogen (secondary N) is 3. The topological polar surface area (TPSA) is 131 Å². The lowest BCUT2D eigenvalue weighted by molar-refractivity contribution is -0.163. The molecule has 4 rings (SSSR count). The molecule has 160 valence electrons. The van der Waals surface area contributed by atoms with Crippen molar-refractivity contribution in [3.05, 3.63) is 10.6 Å². The van der Waals surface area contributed by atoms with Gasteiger partial charge in [-0.15, -0.1) is 11.8 Å². The number of aliphatic hydroxyl groups excluding tert-OH is 1. The summed E-state index contributed by atoms with van der Waals surface area (Å²) in [6.07, 6.45) is 0.730. The lowest BCUT2D eigenvalue weighted by atomic mass is 9.79. The summed E-state index contributed by atoms with van der Waals surface area (Å²) in [5, 5.41) is 29.2. The zero-order chi connectivity index (χ0) is 20.9. The van der Waals surface area contributed by atoms with Crippen LogP contribution in [0.4, 0.5) is 0 Å². The maximum atomic E-state index is 12.5. The van der Waals surface area contributed by atoms with E-state index in [0.29, 0.717) is 17.9 Å². The van der Waals surface area contributed by atoms with E-state index in [1.807, 2.05) is 6.92 Å². The van der Waals surface area contributed by atoms with Crippen LogP contribution in [0.2, 0.25) is 0 Å². The van der Waals surface area contributed by atoms with Gasteiger partial charge in [-0.25, -0.2) is 4.79 Å². The highest BCUT2D eigenvalue weighted by molar-refractivity contribution is 8.03. The van der Waals surface area contributed by atoms with Crippen LogP contribution in [0.5, 0.6) is 0 Å². The number of carbonyl (C=O) groups is 3. The number of thioether (sulfide) groups is 1. The summed E-state index contributed by atoms with van der Waals surface area (Å²) in [6, 6.07) is -0.430. The average molecular weight is 425 g/mol. The fourth-order valence-corrected chi connectivity index (χ4v) is 6.41. The van der Waals surface area contributed by atoms with Gasteiger partial charge in [0.2, 0.25) is 11.8 Å². The van der Waals surface area contributed by atoms with Gasteiger partial charge in [-0.05, 0) is 26.3 Å². The van der Waals surface area contributed by atoms with Crippen molar-refractivity contribution in [2.24, 2.45) is 11.8 Å². The first kappa shape index (κ1) is 20.6. The molecule has 3 saturated heterocycles. The minimum absolute atomic E-state index is 0.0122. The number of fused-ring (bicyclic) bond motifs is 1.